The van der Waals surface area contributed by atoms with Gasteiger partial charge in [-0.2, -0.15) is 5.10 Å². The van der Waals surface area contributed by atoms with Gasteiger partial charge in [-0.3, -0.25) is 0 Å². The van der Waals surface area contributed by atoms with Crippen LogP contribution in [0.5, 0.6) is 11.5 Å². The fourth-order valence-electron chi connectivity index (χ4n) is 2.81. The maximum Gasteiger partial charge on any atom is 0.231 e. The van der Waals surface area contributed by atoms with Crippen molar-refractivity contribution in [2.75, 3.05) is 6.79 Å². The second-order valence-corrected chi connectivity index (χ2v) is 6.34. The van der Waals surface area contributed by atoms with E-state index >= 15 is 0 Å². The summed E-state index contributed by atoms with van der Waals surface area (Å²) in [6.45, 7) is 3.68. The number of halogens is 1. The normalized spacial score (nSPS) is 12.6. The van der Waals surface area contributed by atoms with Gasteiger partial charge in [-0.1, -0.05) is 35.9 Å². The molecule has 2 aromatic carbocycles. The highest BCUT2D eigenvalue weighted by molar-refractivity contribution is 6.31. The van der Waals surface area contributed by atoms with Crippen LogP contribution in [0.4, 0.5) is 0 Å². The molecule has 0 saturated carbocycles. The smallest absolute Gasteiger partial charge is 0.231 e. The lowest BCUT2D eigenvalue weighted by Crippen LogP contribution is -2.13. The molecule has 1 N–H and O–H groups in total. The van der Waals surface area contributed by atoms with Crippen molar-refractivity contribution in [3.8, 4) is 17.2 Å². The van der Waals surface area contributed by atoms with Gasteiger partial charge in [0.05, 0.1) is 16.4 Å². The largest absolute Gasteiger partial charge is 0.454 e. The van der Waals surface area contributed by atoms with E-state index < -0.39 is 0 Å². The van der Waals surface area contributed by atoms with Crippen LogP contribution < -0.4 is 14.8 Å². The van der Waals surface area contributed by atoms with Gasteiger partial charge in [-0.25, -0.2) is 4.68 Å². The number of ether oxygens (including phenoxy) is 2. The van der Waals surface area contributed by atoms with Crippen molar-refractivity contribution in [1.82, 2.24) is 15.1 Å². The molecule has 25 heavy (non-hydrogen) atoms. The molecule has 2 heterocycles. The van der Waals surface area contributed by atoms with Crippen LogP contribution in [-0.4, -0.2) is 16.6 Å². The topological polar surface area (TPSA) is 48.3 Å². The Hall–Kier alpha value is -2.50. The number of fused-ring (bicyclic) bond motifs is 1. The molecule has 6 heteroatoms. The summed E-state index contributed by atoms with van der Waals surface area (Å²) < 4.78 is 12.7. The van der Waals surface area contributed by atoms with Crippen LogP contribution in [0.3, 0.4) is 0 Å². The van der Waals surface area contributed by atoms with E-state index in [-0.39, 0.29) is 0 Å². The number of nitrogens with one attached hydrogen (secondary N) is 1. The van der Waals surface area contributed by atoms with E-state index in [1.165, 1.54) is 5.56 Å². The van der Waals surface area contributed by atoms with Crippen molar-refractivity contribution in [3.63, 3.8) is 0 Å². The molecule has 4 rings (SSSR count). The molecular formula is C19H18ClN3O2. The number of hydrogen-bond donors (Lipinski definition) is 1. The molecule has 1 aliphatic rings. The summed E-state index contributed by atoms with van der Waals surface area (Å²) in [6.07, 6.45) is 1.82. The molecular weight excluding hydrogens is 338 g/mol. The second-order valence-electron chi connectivity index (χ2n) is 5.93. The van der Waals surface area contributed by atoms with Crippen molar-refractivity contribution in [2.24, 2.45) is 0 Å². The maximum atomic E-state index is 6.07. The van der Waals surface area contributed by atoms with Crippen LogP contribution in [0.25, 0.3) is 5.69 Å². The Labute approximate surface area is 151 Å². The van der Waals surface area contributed by atoms with Gasteiger partial charge >= 0.3 is 0 Å². The summed E-state index contributed by atoms with van der Waals surface area (Å²) in [5, 5.41) is 8.50. The molecule has 0 amide bonds. The molecule has 128 valence electrons. The lowest BCUT2D eigenvalue weighted by Gasteiger charge is -2.08. The van der Waals surface area contributed by atoms with E-state index in [9.17, 15) is 0 Å². The zero-order chi connectivity index (χ0) is 17.2. The van der Waals surface area contributed by atoms with Gasteiger partial charge in [-0.15, -0.1) is 0 Å². The highest BCUT2D eigenvalue weighted by Gasteiger charge is 2.16. The first-order chi connectivity index (χ1) is 12.2. The monoisotopic (exact) mass is 355 g/mol. The average molecular weight is 356 g/mol. The Morgan fingerprint density at radius 2 is 1.96 bits per heavy atom. The Balaban J connectivity index is 1.38. The third kappa shape index (κ3) is 3.34. The first kappa shape index (κ1) is 16.0. The predicted octanol–water partition coefficient (Wildman–Crippen LogP) is 3.85. The van der Waals surface area contributed by atoms with Crippen molar-refractivity contribution < 1.29 is 9.47 Å². The molecule has 0 aliphatic carbocycles. The number of rotatable bonds is 5. The number of nitrogens with zero attached hydrogens (tertiary/aromatic N) is 2. The van der Waals surface area contributed by atoms with Gasteiger partial charge in [0.1, 0.15) is 0 Å². The van der Waals surface area contributed by atoms with E-state index in [4.69, 9.17) is 21.1 Å². The molecule has 1 aliphatic heterocycles. The summed E-state index contributed by atoms with van der Waals surface area (Å²) in [4.78, 5) is 0. The van der Waals surface area contributed by atoms with Crippen molar-refractivity contribution >= 4 is 11.6 Å². The van der Waals surface area contributed by atoms with E-state index in [1.807, 2.05) is 43.5 Å². The highest BCUT2D eigenvalue weighted by atomic mass is 35.5. The summed E-state index contributed by atoms with van der Waals surface area (Å²) in [6, 6.07) is 14.2. The summed E-state index contributed by atoms with van der Waals surface area (Å²) in [7, 11) is 0. The van der Waals surface area contributed by atoms with Crippen LogP contribution in [0, 0.1) is 6.92 Å². The number of benzene rings is 2. The van der Waals surface area contributed by atoms with Gasteiger partial charge in [0.15, 0.2) is 11.5 Å². The van der Waals surface area contributed by atoms with Gasteiger partial charge in [0.25, 0.3) is 0 Å². The fraction of sp³-hybridized carbons (Fsp3) is 0.211. The molecule has 0 saturated heterocycles. The fourth-order valence-corrected chi connectivity index (χ4v) is 2.94. The van der Waals surface area contributed by atoms with Crippen LogP contribution in [0.1, 0.15) is 16.8 Å². The molecule has 0 spiro atoms. The van der Waals surface area contributed by atoms with E-state index in [2.05, 4.69) is 22.5 Å². The first-order valence-electron chi connectivity index (χ1n) is 8.10. The van der Waals surface area contributed by atoms with Crippen LogP contribution in [0.2, 0.25) is 5.02 Å². The molecule has 1 aromatic heterocycles. The minimum atomic E-state index is 0.296. The quantitative estimate of drug-likeness (QED) is 0.755. The summed E-state index contributed by atoms with van der Waals surface area (Å²) in [5.41, 5.74) is 4.12. The third-order valence-electron chi connectivity index (χ3n) is 4.16. The molecule has 0 fully saturated rings. The van der Waals surface area contributed by atoms with E-state index in [0.717, 1.165) is 41.5 Å². The zero-order valence-corrected chi connectivity index (χ0v) is 14.6. The number of hydrogen-bond acceptors (Lipinski definition) is 4. The third-order valence-corrected chi connectivity index (χ3v) is 4.53. The molecule has 0 bridgehead atoms. The lowest BCUT2D eigenvalue weighted by atomic mass is 10.1. The molecule has 0 atom stereocenters. The van der Waals surface area contributed by atoms with Crippen LogP contribution in [-0.2, 0) is 13.1 Å². The molecule has 5 nitrogen and oxygen atoms in total. The average Bonchev–Trinajstić information content (AvgIpc) is 3.23. The van der Waals surface area contributed by atoms with Gasteiger partial charge < -0.3 is 14.8 Å². The SMILES string of the molecule is Cc1nn(-c2ccc(CNCc3cccc4c3OCO4)cc2)cc1Cl. The summed E-state index contributed by atoms with van der Waals surface area (Å²) in [5.74, 6) is 1.66. The van der Waals surface area contributed by atoms with Gasteiger partial charge in [-0.05, 0) is 30.7 Å². The van der Waals surface area contributed by atoms with Crippen molar-refractivity contribution in [2.45, 2.75) is 20.0 Å². The molecule has 0 unspecified atom stereocenters. The molecule has 0 radical (unpaired) electrons. The molecule has 3 aromatic rings. The van der Waals surface area contributed by atoms with Crippen molar-refractivity contribution in [3.05, 3.63) is 70.5 Å². The Bertz CT molecular complexity index is 871. The lowest BCUT2D eigenvalue weighted by molar-refractivity contribution is 0.173. The minimum Gasteiger partial charge on any atom is -0.454 e. The number of aryl methyl sites for hydroxylation is 1. The number of aromatic nitrogens is 2. The Kier molecular flexibility index (Phi) is 4.34. The minimum absolute atomic E-state index is 0.296. The van der Waals surface area contributed by atoms with E-state index in [0.29, 0.717) is 11.8 Å². The van der Waals surface area contributed by atoms with Gasteiger partial charge in [0.2, 0.25) is 6.79 Å². The van der Waals surface area contributed by atoms with Crippen molar-refractivity contribution in [1.29, 1.82) is 0 Å². The predicted molar refractivity (Wildman–Crippen MR) is 96.4 cm³/mol. The standard InChI is InChI=1S/C19H18ClN3O2/c1-13-17(20)11-23(22-13)16-7-5-14(6-8-16)9-21-10-15-3-2-4-18-19(15)25-12-24-18/h2-8,11,21H,9-10,12H2,1H3. The Morgan fingerprint density at radius 1 is 1.12 bits per heavy atom. The highest BCUT2D eigenvalue weighted by Crippen LogP contribution is 2.35. The Morgan fingerprint density at radius 3 is 2.72 bits per heavy atom. The zero-order valence-electron chi connectivity index (χ0n) is 13.8. The van der Waals surface area contributed by atoms with Crippen LogP contribution >= 0.6 is 11.6 Å². The van der Waals surface area contributed by atoms with Gasteiger partial charge in [0, 0.05) is 24.8 Å². The van der Waals surface area contributed by atoms with E-state index in [1.54, 1.807) is 4.68 Å². The second kappa shape index (κ2) is 6.78. The van der Waals surface area contributed by atoms with Crippen LogP contribution in [0.15, 0.2) is 48.7 Å². The first-order valence-corrected chi connectivity index (χ1v) is 8.48. The summed E-state index contributed by atoms with van der Waals surface area (Å²) >= 11 is 6.07. The number of para-hydroxylation sites is 1. The maximum absolute atomic E-state index is 6.07.